The molecule has 2 aliphatic rings. The normalized spacial score (nSPS) is 19.3. The summed E-state index contributed by atoms with van der Waals surface area (Å²) in [6.07, 6.45) is 5.70. The summed E-state index contributed by atoms with van der Waals surface area (Å²) in [5.41, 5.74) is -0.437. The van der Waals surface area contributed by atoms with Crippen LogP contribution in [-0.2, 0) is 16.8 Å². The van der Waals surface area contributed by atoms with E-state index in [-0.39, 0.29) is 5.56 Å². The molecule has 2 aromatic rings. The van der Waals surface area contributed by atoms with E-state index in [0.717, 1.165) is 41.8 Å². The van der Waals surface area contributed by atoms with Crippen LogP contribution in [0, 0.1) is 34.0 Å². The third-order valence-corrected chi connectivity index (χ3v) is 7.88. The van der Waals surface area contributed by atoms with Gasteiger partial charge in [-0.2, -0.15) is 29.0 Å². The fraction of sp³-hybridized carbons (Fsp3) is 0.306. The molecule has 0 saturated carbocycles. The molecular weight excluding hydrogens is 561 g/mol. The maximum absolute atomic E-state index is 15.2. The molecule has 4 rings (SSSR count). The highest BCUT2D eigenvalue weighted by Gasteiger charge is 2.65. The highest BCUT2D eigenvalue weighted by molar-refractivity contribution is 5.64. The van der Waals surface area contributed by atoms with Gasteiger partial charge in [-0.3, -0.25) is 0 Å². The topological polar surface area (TPSA) is 83.8 Å². The number of alkyl halides is 3. The number of anilines is 1. The Morgan fingerprint density at radius 2 is 1.66 bits per heavy atom. The van der Waals surface area contributed by atoms with E-state index in [0.29, 0.717) is 24.8 Å². The molecule has 0 fully saturated rings. The zero-order valence-electron chi connectivity index (χ0n) is 25.0. The van der Waals surface area contributed by atoms with Gasteiger partial charge in [0.05, 0.1) is 0 Å². The highest BCUT2D eigenvalue weighted by Crippen LogP contribution is 2.56. The molecular formula is C36H33F3N4O. The van der Waals surface area contributed by atoms with E-state index < -0.39 is 34.3 Å². The third kappa shape index (κ3) is 6.34. The predicted octanol–water partition coefficient (Wildman–Crippen LogP) is 8.75. The molecule has 1 heterocycles. The lowest BCUT2D eigenvalue weighted by Gasteiger charge is -2.34. The molecule has 0 aromatic heterocycles. The summed E-state index contributed by atoms with van der Waals surface area (Å²) in [5, 5.41) is 29.1. The lowest BCUT2D eigenvalue weighted by molar-refractivity contribution is -0.249. The first-order valence-corrected chi connectivity index (χ1v) is 14.6. The van der Waals surface area contributed by atoms with Gasteiger partial charge in [0, 0.05) is 30.4 Å². The molecule has 0 spiro atoms. The maximum atomic E-state index is 15.2. The quantitative estimate of drug-likeness (QED) is 0.285. The van der Waals surface area contributed by atoms with Crippen molar-refractivity contribution >= 4 is 11.8 Å². The number of hydrogen-bond acceptors (Lipinski definition) is 5. The Bertz CT molecular complexity index is 1660. The number of aryl methyl sites for hydroxylation is 1. The first-order valence-electron chi connectivity index (χ1n) is 14.6. The van der Waals surface area contributed by atoms with Crippen molar-refractivity contribution in [3.05, 3.63) is 117 Å². The van der Waals surface area contributed by atoms with Gasteiger partial charge in [-0.1, -0.05) is 68.5 Å². The van der Waals surface area contributed by atoms with Crippen LogP contribution in [-0.4, -0.2) is 19.8 Å². The van der Waals surface area contributed by atoms with Crippen molar-refractivity contribution in [2.75, 3.05) is 18.5 Å². The van der Waals surface area contributed by atoms with Gasteiger partial charge in [0.15, 0.2) is 11.3 Å². The average Bonchev–Trinajstić information content (AvgIpc) is 3.36. The Labute approximate surface area is 256 Å². The molecule has 5 nitrogen and oxygen atoms in total. The summed E-state index contributed by atoms with van der Waals surface area (Å²) < 4.78 is 51.3. The van der Waals surface area contributed by atoms with E-state index in [1.165, 1.54) is 18.2 Å². The van der Waals surface area contributed by atoms with E-state index in [9.17, 15) is 15.8 Å². The van der Waals surface area contributed by atoms with Gasteiger partial charge in [0.1, 0.15) is 23.8 Å². The number of ether oxygens (including phenoxy) is 1. The molecule has 0 saturated heterocycles. The van der Waals surface area contributed by atoms with E-state index >= 15 is 13.2 Å². The van der Waals surface area contributed by atoms with Crippen molar-refractivity contribution in [3.8, 4) is 18.2 Å². The van der Waals surface area contributed by atoms with Gasteiger partial charge in [-0.15, -0.1) is 0 Å². The second kappa shape index (κ2) is 13.5. The number of rotatable bonds is 8. The number of allylic oxidation sites excluding steroid dienone is 6. The highest BCUT2D eigenvalue weighted by atomic mass is 19.4. The van der Waals surface area contributed by atoms with E-state index in [4.69, 9.17) is 4.74 Å². The van der Waals surface area contributed by atoms with Crippen molar-refractivity contribution in [2.24, 2.45) is 0 Å². The summed E-state index contributed by atoms with van der Waals surface area (Å²) in [6.45, 7) is 4.97. The Balaban J connectivity index is 1.82. The molecule has 0 bridgehead atoms. The van der Waals surface area contributed by atoms with Gasteiger partial charge in [-0.05, 0) is 72.6 Å². The van der Waals surface area contributed by atoms with Crippen LogP contribution >= 0.6 is 0 Å². The third-order valence-electron chi connectivity index (χ3n) is 7.88. The Kier molecular flexibility index (Phi) is 9.82. The number of nitrogens with zero attached hydrogens (tertiary/aromatic N) is 4. The zero-order chi connectivity index (χ0) is 31.9. The fourth-order valence-corrected chi connectivity index (χ4v) is 5.53. The predicted molar refractivity (Wildman–Crippen MR) is 165 cm³/mol. The van der Waals surface area contributed by atoms with E-state index in [1.54, 1.807) is 24.3 Å². The minimum absolute atomic E-state index is 0.236. The lowest BCUT2D eigenvalue weighted by Crippen LogP contribution is -2.44. The van der Waals surface area contributed by atoms with Gasteiger partial charge in [-0.25, -0.2) is 0 Å². The van der Waals surface area contributed by atoms with Gasteiger partial charge in [0.2, 0.25) is 0 Å². The van der Waals surface area contributed by atoms with Gasteiger partial charge >= 0.3 is 6.18 Å². The van der Waals surface area contributed by atoms with Crippen molar-refractivity contribution in [1.29, 1.82) is 15.8 Å². The van der Waals surface area contributed by atoms with Crippen LogP contribution < -0.4 is 4.90 Å². The van der Waals surface area contributed by atoms with Crippen molar-refractivity contribution in [1.82, 2.24) is 0 Å². The first kappa shape index (κ1) is 31.9. The van der Waals surface area contributed by atoms with Gasteiger partial charge in [0.25, 0.3) is 5.60 Å². The standard InChI is InChI=1S/C36H33F3N4O/c1-4-19-43(3)31-17-13-26(14-18-31)9-10-27-7-6-8-28(20-27)21-33-32(24-42)34(29(22-40)23-41)44-35(33,36(37,38)39)30-15-11-25(5-2)12-16-30/h9-18,20-21H,4-8,19H2,1-3H3/b10-9+,28-21+. The molecule has 1 aliphatic heterocycles. The summed E-state index contributed by atoms with van der Waals surface area (Å²) in [4.78, 5) is 2.18. The Morgan fingerprint density at radius 3 is 2.23 bits per heavy atom. The number of hydrogen-bond donors (Lipinski definition) is 0. The summed E-state index contributed by atoms with van der Waals surface area (Å²) in [5.74, 6) is -0.658. The zero-order valence-corrected chi connectivity index (χ0v) is 25.0. The molecule has 1 atom stereocenters. The molecule has 0 radical (unpaired) electrons. The Hall–Kier alpha value is -5.00. The average molecular weight is 595 g/mol. The van der Waals surface area contributed by atoms with Crippen LogP contribution in [0.1, 0.15) is 56.2 Å². The van der Waals surface area contributed by atoms with Crippen molar-refractivity contribution in [3.63, 3.8) is 0 Å². The Morgan fingerprint density at radius 1 is 0.977 bits per heavy atom. The lowest BCUT2D eigenvalue weighted by atomic mass is 9.81. The maximum Gasteiger partial charge on any atom is 0.437 e. The molecule has 2 aromatic carbocycles. The molecule has 0 amide bonds. The smallest absolute Gasteiger partial charge is 0.437 e. The van der Waals surface area contributed by atoms with E-state index in [2.05, 4.69) is 24.0 Å². The van der Waals surface area contributed by atoms with Crippen LogP contribution in [0.15, 0.2) is 100 Å². The number of halogens is 3. The molecule has 224 valence electrons. The SMILES string of the molecule is CCCN(C)c1ccc(/C=C/C2=CC(=C/C3=C(C#N)C(=C(C#N)C#N)OC3(c3ccc(CC)cc3)C(F)(F)F)/CCC2)cc1. The van der Waals surface area contributed by atoms with Gasteiger partial charge < -0.3 is 9.64 Å². The fourth-order valence-electron chi connectivity index (χ4n) is 5.53. The number of benzene rings is 2. The molecule has 0 N–H and O–H groups in total. The summed E-state index contributed by atoms with van der Waals surface area (Å²) in [7, 11) is 2.05. The van der Waals surface area contributed by atoms with Crippen molar-refractivity contribution < 1.29 is 17.9 Å². The molecule has 44 heavy (non-hydrogen) atoms. The molecule has 1 unspecified atom stereocenters. The minimum Gasteiger partial charge on any atom is -0.465 e. The second-order valence-corrected chi connectivity index (χ2v) is 10.8. The van der Waals surface area contributed by atoms with Crippen LogP contribution in [0.25, 0.3) is 6.08 Å². The second-order valence-electron chi connectivity index (χ2n) is 10.8. The van der Waals surface area contributed by atoms with E-state index in [1.807, 2.05) is 50.4 Å². The van der Waals surface area contributed by atoms with Crippen LogP contribution in [0.2, 0.25) is 0 Å². The number of nitriles is 3. The van der Waals surface area contributed by atoms with Crippen LogP contribution in [0.3, 0.4) is 0 Å². The summed E-state index contributed by atoms with van der Waals surface area (Å²) in [6, 6.07) is 19.0. The van der Waals surface area contributed by atoms with Crippen LogP contribution in [0.5, 0.6) is 0 Å². The summed E-state index contributed by atoms with van der Waals surface area (Å²) >= 11 is 0. The minimum atomic E-state index is -5.02. The van der Waals surface area contributed by atoms with Crippen molar-refractivity contribution in [2.45, 2.75) is 57.7 Å². The largest absolute Gasteiger partial charge is 0.465 e. The monoisotopic (exact) mass is 594 g/mol. The molecule has 1 aliphatic carbocycles. The van der Waals surface area contributed by atoms with Crippen LogP contribution in [0.4, 0.5) is 18.9 Å². The first-order chi connectivity index (χ1) is 21.1. The molecule has 8 heteroatoms.